The molecule has 0 saturated carbocycles. The van der Waals surface area contributed by atoms with E-state index < -0.39 is 0 Å². The highest BCUT2D eigenvalue weighted by Gasteiger charge is 2.07. The molecule has 0 aliphatic carbocycles. The van der Waals surface area contributed by atoms with Gasteiger partial charge in [-0.05, 0) is 31.4 Å². The minimum absolute atomic E-state index is 0.412. The number of nitrogens with zero attached hydrogens (tertiary/aromatic N) is 1. The molecule has 0 amide bonds. The molecule has 14 heavy (non-hydrogen) atoms. The van der Waals surface area contributed by atoms with Crippen molar-refractivity contribution >= 4 is 5.71 Å². The van der Waals surface area contributed by atoms with E-state index in [0.717, 1.165) is 18.6 Å². The van der Waals surface area contributed by atoms with Crippen molar-refractivity contribution in [3.8, 4) is 0 Å². The predicted molar refractivity (Wildman–Crippen MR) is 60.8 cm³/mol. The normalized spacial score (nSPS) is 19.8. The van der Waals surface area contributed by atoms with Crippen LogP contribution in [0.3, 0.4) is 0 Å². The molecule has 1 unspecified atom stereocenters. The third-order valence-electron chi connectivity index (χ3n) is 2.50. The van der Waals surface area contributed by atoms with E-state index in [1.54, 1.807) is 0 Å². The summed E-state index contributed by atoms with van der Waals surface area (Å²) in [7, 11) is 0. The first-order chi connectivity index (χ1) is 6.84. The first-order valence-electron chi connectivity index (χ1n) is 5.11. The van der Waals surface area contributed by atoms with E-state index in [2.05, 4.69) is 54.4 Å². The second kappa shape index (κ2) is 4.23. The van der Waals surface area contributed by atoms with Gasteiger partial charge in [0.2, 0.25) is 0 Å². The Labute approximate surface area is 85.2 Å². The van der Waals surface area contributed by atoms with Crippen molar-refractivity contribution in [3.63, 3.8) is 0 Å². The molecule has 0 radical (unpaired) electrons. The largest absolute Gasteiger partial charge is 0.283 e. The number of rotatable bonds is 3. The molecule has 0 fully saturated rings. The Morgan fingerprint density at radius 1 is 1.21 bits per heavy atom. The fraction of sp³-hybridized carbons (Fsp3) is 0.308. The summed E-state index contributed by atoms with van der Waals surface area (Å²) in [6.45, 7) is 2.05. The van der Waals surface area contributed by atoms with Gasteiger partial charge in [-0.2, -0.15) is 0 Å². The van der Waals surface area contributed by atoms with E-state index in [1.165, 1.54) is 5.56 Å². The molecular formula is C13H15N. The number of aliphatic imine (C=N–C) groups is 1. The number of hydrogen-bond donors (Lipinski definition) is 0. The molecule has 1 nitrogen and oxygen atoms in total. The maximum Gasteiger partial charge on any atom is 0.0689 e. The van der Waals surface area contributed by atoms with E-state index in [9.17, 15) is 0 Å². The lowest BCUT2D eigenvalue weighted by molar-refractivity contribution is 0.731. The highest BCUT2D eigenvalue weighted by molar-refractivity contribution is 5.94. The summed E-state index contributed by atoms with van der Waals surface area (Å²) in [5, 5.41) is 0. The topological polar surface area (TPSA) is 12.4 Å². The molecule has 0 N–H and O–H groups in total. The van der Waals surface area contributed by atoms with Gasteiger partial charge in [0.15, 0.2) is 0 Å². The fourth-order valence-corrected chi connectivity index (χ4v) is 1.72. The lowest BCUT2D eigenvalue weighted by Crippen LogP contribution is -1.99. The number of hydrogen-bond acceptors (Lipinski definition) is 1. The highest BCUT2D eigenvalue weighted by atomic mass is 14.8. The molecule has 2 rings (SSSR count). The summed E-state index contributed by atoms with van der Waals surface area (Å²) >= 11 is 0. The van der Waals surface area contributed by atoms with Gasteiger partial charge in [-0.25, -0.2) is 0 Å². The molecule has 1 heteroatoms. The van der Waals surface area contributed by atoms with Crippen molar-refractivity contribution < 1.29 is 0 Å². The second-order valence-corrected chi connectivity index (χ2v) is 3.72. The van der Waals surface area contributed by atoms with Crippen molar-refractivity contribution in [2.24, 2.45) is 4.99 Å². The Balaban J connectivity index is 1.87. The Morgan fingerprint density at radius 3 is 2.64 bits per heavy atom. The standard InChI is InChI=1S/C13H15N/c1-11-7-9-13(14-11)10-8-12-5-3-2-4-6-12/h2-7,9,13H,8,10H2,1H3. The maximum absolute atomic E-state index is 4.51. The minimum Gasteiger partial charge on any atom is -0.283 e. The molecule has 0 aromatic heterocycles. The van der Waals surface area contributed by atoms with Crippen LogP contribution in [0.1, 0.15) is 18.9 Å². The Bertz CT molecular complexity index is 349. The lowest BCUT2D eigenvalue weighted by Gasteiger charge is -2.04. The van der Waals surface area contributed by atoms with E-state index in [-0.39, 0.29) is 0 Å². The van der Waals surface area contributed by atoms with Crippen LogP contribution in [0.5, 0.6) is 0 Å². The SMILES string of the molecule is CC1=NC(CCc2ccccc2)C=C1. The Hall–Kier alpha value is -1.37. The zero-order valence-electron chi connectivity index (χ0n) is 8.48. The van der Waals surface area contributed by atoms with Gasteiger partial charge in [-0.1, -0.05) is 36.4 Å². The molecule has 1 aromatic carbocycles. The Morgan fingerprint density at radius 2 is 2.00 bits per heavy atom. The van der Waals surface area contributed by atoms with Gasteiger partial charge in [0, 0.05) is 5.71 Å². The summed E-state index contributed by atoms with van der Waals surface area (Å²) in [6.07, 6.45) is 6.54. The third kappa shape index (κ3) is 2.32. The lowest BCUT2D eigenvalue weighted by atomic mass is 10.1. The van der Waals surface area contributed by atoms with Crippen LogP contribution in [0, 0.1) is 0 Å². The summed E-state index contributed by atoms with van der Waals surface area (Å²) < 4.78 is 0. The molecule has 72 valence electrons. The van der Waals surface area contributed by atoms with Gasteiger partial charge >= 0.3 is 0 Å². The number of allylic oxidation sites excluding steroid dienone is 1. The zero-order chi connectivity index (χ0) is 9.80. The van der Waals surface area contributed by atoms with Crippen molar-refractivity contribution in [2.75, 3.05) is 0 Å². The van der Waals surface area contributed by atoms with Crippen LogP contribution in [0.4, 0.5) is 0 Å². The van der Waals surface area contributed by atoms with Crippen molar-refractivity contribution in [1.82, 2.24) is 0 Å². The zero-order valence-corrected chi connectivity index (χ0v) is 8.48. The van der Waals surface area contributed by atoms with E-state index >= 15 is 0 Å². The molecule has 0 bridgehead atoms. The molecule has 1 aliphatic rings. The Kier molecular flexibility index (Phi) is 2.78. The molecule has 1 heterocycles. The first-order valence-corrected chi connectivity index (χ1v) is 5.11. The summed E-state index contributed by atoms with van der Waals surface area (Å²) in [5.41, 5.74) is 2.56. The second-order valence-electron chi connectivity index (χ2n) is 3.72. The fourth-order valence-electron chi connectivity index (χ4n) is 1.72. The average molecular weight is 185 g/mol. The predicted octanol–water partition coefficient (Wildman–Crippen LogP) is 3.02. The molecule has 1 aromatic rings. The van der Waals surface area contributed by atoms with Crippen LogP contribution in [0.15, 0.2) is 47.5 Å². The van der Waals surface area contributed by atoms with Crippen molar-refractivity contribution in [1.29, 1.82) is 0 Å². The van der Waals surface area contributed by atoms with Crippen LogP contribution < -0.4 is 0 Å². The van der Waals surface area contributed by atoms with Crippen LogP contribution in [-0.4, -0.2) is 11.8 Å². The summed E-state index contributed by atoms with van der Waals surface area (Å²) in [5.74, 6) is 0. The van der Waals surface area contributed by atoms with E-state index in [4.69, 9.17) is 0 Å². The quantitative estimate of drug-likeness (QED) is 0.686. The molecular weight excluding hydrogens is 170 g/mol. The van der Waals surface area contributed by atoms with Gasteiger partial charge in [0.1, 0.15) is 0 Å². The van der Waals surface area contributed by atoms with Crippen LogP contribution in [0.25, 0.3) is 0 Å². The molecule has 1 atom stereocenters. The van der Waals surface area contributed by atoms with Gasteiger partial charge in [-0.3, -0.25) is 4.99 Å². The van der Waals surface area contributed by atoms with Crippen molar-refractivity contribution in [3.05, 3.63) is 48.0 Å². The van der Waals surface area contributed by atoms with Crippen LogP contribution in [-0.2, 0) is 6.42 Å². The number of benzene rings is 1. The third-order valence-corrected chi connectivity index (χ3v) is 2.50. The summed E-state index contributed by atoms with van der Waals surface area (Å²) in [4.78, 5) is 4.51. The number of aryl methyl sites for hydroxylation is 1. The van der Waals surface area contributed by atoms with Crippen LogP contribution in [0.2, 0.25) is 0 Å². The summed E-state index contributed by atoms with van der Waals surface area (Å²) in [6, 6.07) is 11.0. The highest BCUT2D eigenvalue weighted by Crippen LogP contribution is 2.12. The van der Waals surface area contributed by atoms with E-state index in [1.807, 2.05) is 0 Å². The molecule has 1 aliphatic heterocycles. The molecule has 0 spiro atoms. The average Bonchev–Trinajstić information content (AvgIpc) is 2.63. The molecule has 0 saturated heterocycles. The van der Waals surface area contributed by atoms with Gasteiger partial charge in [-0.15, -0.1) is 0 Å². The first kappa shape index (κ1) is 9.20. The minimum atomic E-state index is 0.412. The van der Waals surface area contributed by atoms with Crippen LogP contribution >= 0.6 is 0 Å². The monoisotopic (exact) mass is 185 g/mol. The van der Waals surface area contributed by atoms with E-state index in [0.29, 0.717) is 6.04 Å². The van der Waals surface area contributed by atoms with Gasteiger partial charge in [0.05, 0.1) is 6.04 Å². The van der Waals surface area contributed by atoms with Gasteiger partial charge in [0.25, 0.3) is 0 Å². The maximum atomic E-state index is 4.51. The van der Waals surface area contributed by atoms with Crippen molar-refractivity contribution in [2.45, 2.75) is 25.8 Å². The van der Waals surface area contributed by atoms with Gasteiger partial charge < -0.3 is 0 Å². The smallest absolute Gasteiger partial charge is 0.0689 e.